The molecule has 0 atom stereocenters. The van der Waals surface area contributed by atoms with Gasteiger partial charge in [-0.3, -0.25) is 9.59 Å². The lowest BCUT2D eigenvalue weighted by Gasteiger charge is -2.11. The Hall–Kier alpha value is -3.05. The third kappa shape index (κ3) is 7.77. The first-order chi connectivity index (χ1) is 16.3. The summed E-state index contributed by atoms with van der Waals surface area (Å²) in [6.07, 6.45) is 1.05. The van der Waals surface area contributed by atoms with E-state index in [1.54, 1.807) is 12.1 Å². The minimum Gasteiger partial charge on any atom is -0.487 e. The molecule has 3 aromatic carbocycles. The molecule has 0 unspecified atom stereocenters. The van der Waals surface area contributed by atoms with Crippen molar-refractivity contribution in [3.05, 3.63) is 90.3 Å². The maximum absolute atomic E-state index is 12.9. The van der Waals surface area contributed by atoms with E-state index in [0.29, 0.717) is 17.9 Å². The van der Waals surface area contributed by atoms with Crippen molar-refractivity contribution in [2.24, 2.45) is 5.10 Å². The molecule has 0 aromatic heterocycles. The molecule has 2 N–H and O–H groups in total. The highest BCUT2D eigenvalue weighted by Gasteiger charge is 2.11. The third-order valence-corrected chi connectivity index (χ3v) is 5.94. The molecular weight excluding hydrogens is 665 g/mol. The maximum atomic E-state index is 12.9. The second-order valence-electron chi connectivity index (χ2n) is 6.94. The number of carbonyl (C=O) groups excluding carboxylic acids is 2. The molecule has 7 nitrogen and oxygen atoms in total. The summed E-state index contributed by atoms with van der Waals surface area (Å²) in [6.45, 7) is 0.362. The summed E-state index contributed by atoms with van der Waals surface area (Å²) in [7, 11) is 0. The molecule has 172 valence electrons. The summed E-state index contributed by atoms with van der Waals surface area (Å²) >= 11 is 4.32. The number of rotatable bonds is 8. The number of hydrazone groups is 1. The molecule has 10 heteroatoms. The van der Waals surface area contributed by atoms with Crippen LogP contribution in [-0.2, 0) is 16.2 Å². The van der Waals surface area contributed by atoms with Crippen LogP contribution in [0.3, 0.4) is 0 Å². The molecule has 0 heterocycles. The number of carbonyl (C=O) groups is 2. The van der Waals surface area contributed by atoms with Gasteiger partial charge in [0, 0.05) is 5.69 Å². The molecule has 0 aliphatic rings. The Morgan fingerprint density at radius 2 is 1.68 bits per heavy atom. The lowest BCUT2D eigenvalue weighted by atomic mass is 10.1. The highest BCUT2D eigenvalue weighted by molar-refractivity contribution is 14.1. The number of nitrogens with one attached hydrogen (secondary N) is 2. The van der Waals surface area contributed by atoms with Crippen LogP contribution in [-0.4, -0.2) is 18.0 Å². The number of hydrogen-bond acceptors (Lipinski definition) is 5. The number of hydrogen-bond donors (Lipinski definition) is 2. The molecular formula is C24H17FI2N4O3. The van der Waals surface area contributed by atoms with Crippen LogP contribution >= 0.6 is 45.2 Å². The average Bonchev–Trinajstić information content (AvgIpc) is 2.80. The molecule has 0 aliphatic carbocycles. The van der Waals surface area contributed by atoms with E-state index in [9.17, 15) is 14.0 Å². The van der Waals surface area contributed by atoms with Gasteiger partial charge in [0.2, 0.25) is 11.8 Å². The van der Waals surface area contributed by atoms with Crippen molar-refractivity contribution in [2.75, 3.05) is 5.32 Å². The van der Waals surface area contributed by atoms with Gasteiger partial charge >= 0.3 is 0 Å². The van der Waals surface area contributed by atoms with Crippen LogP contribution in [0.4, 0.5) is 10.1 Å². The van der Waals surface area contributed by atoms with E-state index < -0.39 is 24.1 Å². The molecule has 0 spiro atoms. The van der Waals surface area contributed by atoms with Crippen LogP contribution in [0.1, 0.15) is 23.1 Å². The van der Waals surface area contributed by atoms with Crippen molar-refractivity contribution in [2.45, 2.75) is 13.0 Å². The van der Waals surface area contributed by atoms with E-state index >= 15 is 0 Å². The van der Waals surface area contributed by atoms with E-state index in [1.807, 2.05) is 24.3 Å². The monoisotopic (exact) mass is 682 g/mol. The zero-order chi connectivity index (χ0) is 24.5. The minimum absolute atomic E-state index is 0.362. The van der Waals surface area contributed by atoms with Crippen molar-refractivity contribution in [1.82, 2.24) is 5.43 Å². The Morgan fingerprint density at radius 1 is 1.03 bits per heavy atom. The summed E-state index contributed by atoms with van der Waals surface area (Å²) in [5, 5.41) is 15.3. The lowest BCUT2D eigenvalue weighted by Crippen LogP contribution is -2.24. The number of anilines is 1. The first-order valence-corrected chi connectivity index (χ1v) is 12.0. The summed E-state index contributed by atoms with van der Waals surface area (Å²) in [5.74, 6) is -0.806. The Bertz CT molecular complexity index is 1230. The largest absolute Gasteiger partial charge is 0.487 e. The molecule has 0 saturated heterocycles. The van der Waals surface area contributed by atoms with E-state index in [0.717, 1.165) is 24.0 Å². The molecule has 0 fully saturated rings. The summed E-state index contributed by atoms with van der Waals surface area (Å²) in [6, 6.07) is 18.2. The number of halogens is 3. The lowest BCUT2D eigenvalue weighted by molar-refractivity contribution is -0.126. The summed E-state index contributed by atoms with van der Waals surface area (Å²) < 4.78 is 20.6. The highest BCUT2D eigenvalue weighted by atomic mass is 127. The van der Waals surface area contributed by atoms with Crippen molar-refractivity contribution >= 4 is 68.9 Å². The molecule has 0 radical (unpaired) electrons. The van der Waals surface area contributed by atoms with Crippen LogP contribution in [0.2, 0.25) is 0 Å². The molecule has 0 bridgehead atoms. The second-order valence-corrected chi connectivity index (χ2v) is 9.26. The maximum Gasteiger partial charge on any atom is 0.249 e. The fourth-order valence-corrected chi connectivity index (χ4v) is 4.85. The molecule has 0 aliphatic heterocycles. The molecule has 3 aromatic rings. The van der Waals surface area contributed by atoms with Gasteiger partial charge in [-0.2, -0.15) is 10.4 Å². The van der Waals surface area contributed by atoms with Crippen LogP contribution in [0.25, 0.3) is 0 Å². The van der Waals surface area contributed by atoms with Crippen LogP contribution in [0.5, 0.6) is 5.75 Å². The van der Waals surface area contributed by atoms with Gasteiger partial charge < -0.3 is 10.1 Å². The molecule has 3 rings (SSSR count). The molecule has 34 heavy (non-hydrogen) atoms. The van der Waals surface area contributed by atoms with Gasteiger partial charge in [0.1, 0.15) is 24.6 Å². The number of benzene rings is 3. The summed E-state index contributed by atoms with van der Waals surface area (Å²) in [5.41, 5.74) is 5.00. The SMILES string of the molecule is N#Cc1ccc(COc2c(I)cc(C=NNC(=O)CC(=O)Nc3ccc(F)cc3)cc2I)cc1. The zero-order valence-electron chi connectivity index (χ0n) is 17.5. The predicted molar refractivity (Wildman–Crippen MR) is 143 cm³/mol. The first kappa shape index (κ1) is 25.6. The third-order valence-electron chi connectivity index (χ3n) is 4.34. The van der Waals surface area contributed by atoms with E-state index in [4.69, 9.17) is 10.00 Å². The van der Waals surface area contributed by atoms with Gasteiger partial charge in [0.15, 0.2) is 0 Å². The Morgan fingerprint density at radius 3 is 2.29 bits per heavy atom. The Kier molecular flexibility index (Phi) is 9.34. The molecule has 0 saturated carbocycles. The van der Waals surface area contributed by atoms with E-state index in [2.05, 4.69) is 67.1 Å². The number of ether oxygens (including phenoxy) is 1. The molecule has 2 amide bonds. The highest BCUT2D eigenvalue weighted by Crippen LogP contribution is 2.29. The van der Waals surface area contributed by atoms with Crippen molar-refractivity contribution in [3.63, 3.8) is 0 Å². The standard InChI is InChI=1S/C24H17FI2N4O3/c25-18-5-7-19(8-6-18)30-22(32)11-23(33)31-29-13-17-9-20(26)24(21(27)10-17)34-14-16-3-1-15(12-28)2-4-16/h1-10,13H,11,14H2,(H,30,32)(H,31,33). The topological polar surface area (TPSA) is 104 Å². The van der Waals surface area contributed by atoms with Gasteiger partial charge in [0.05, 0.1) is 25.0 Å². The van der Waals surface area contributed by atoms with Gasteiger partial charge in [-0.05, 0) is 105 Å². The van der Waals surface area contributed by atoms with Crippen LogP contribution < -0.4 is 15.5 Å². The predicted octanol–water partition coefficient (Wildman–Crippen LogP) is 4.96. The normalized spacial score (nSPS) is 10.5. The average molecular weight is 682 g/mol. The van der Waals surface area contributed by atoms with Crippen LogP contribution in [0, 0.1) is 24.3 Å². The number of nitriles is 1. The minimum atomic E-state index is -0.581. The van der Waals surface area contributed by atoms with Crippen LogP contribution in [0.15, 0.2) is 65.8 Å². The van der Waals surface area contributed by atoms with Crippen molar-refractivity contribution in [1.29, 1.82) is 5.26 Å². The van der Waals surface area contributed by atoms with E-state index in [-0.39, 0.29) is 0 Å². The first-order valence-electron chi connectivity index (χ1n) is 9.82. The van der Waals surface area contributed by atoms with Crippen molar-refractivity contribution < 1.29 is 18.7 Å². The van der Waals surface area contributed by atoms with E-state index in [1.165, 1.54) is 30.5 Å². The fourth-order valence-electron chi connectivity index (χ4n) is 2.73. The number of nitrogens with zero attached hydrogens (tertiary/aromatic N) is 2. The quantitative estimate of drug-likeness (QED) is 0.152. The Balaban J connectivity index is 1.52. The summed E-state index contributed by atoms with van der Waals surface area (Å²) in [4.78, 5) is 23.9. The fraction of sp³-hybridized carbons (Fsp3) is 0.0833. The van der Waals surface area contributed by atoms with Crippen molar-refractivity contribution in [3.8, 4) is 11.8 Å². The van der Waals surface area contributed by atoms with Gasteiger partial charge in [-0.1, -0.05) is 12.1 Å². The Labute approximate surface area is 222 Å². The van der Waals surface area contributed by atoms with Gasteiger partial charge in [-0.25, -0.2) is 9.82 Å². The van der Waals surface area contributed by atoms with Gasteiger partial charge in [-0.15, -0.1) is 0 Å². The zero-order valence-corrected chi connectivity index (χ0v) is 21.8. The second kappa shape index (κ2) is 12.4. The van der Waals surface area contributed by atoms with Gasteiger partial charge in [0.25, 0.3) is 0 Å². The number of amides is 2. The smallest absolute Gasteiger partial charge is 0.249 e.